The largest absolute Gasteiger partial charge is 0.436 e. The van der Waals surface area contributed by atoms with Gasteiger partial charge in [0.1, 0.15) is 5.82 Å². The van der Waals surface area contributed by atoms with Gasteiger partial charge in [0.25, 0.3) is 0 Å². The van der Waals surface area contributed by atoms with Gasteiger partial charge in [-0.25, -0.2) is 4.39 Å². The predicted octanol–water partition coefficient (Wildman–Crippen LogP) is 3.36. The molecule has 3 nitrogen and oxygen atoms in total. The Morgan fingerprint density at radius 3 is 2.75 bits per heavy atom. The normalized spacial score (nSPS) is 10.1. The summed E-state index contributed by atoms with van der Waals surface area (Å²) in [7, 11) is 0. The third-order valence-corrected chi connectivity index (χ3v) is 2.35. The van der Waals surface area contributed by atoms with Gasteiger partial charge < -0.3 is 10.5 Å². The maximum atomic E-state index is 13.4. The zero-order chi connectivity index (χ0) is 11.5. The van der Waals surface area contributed by atoms with E-state index in [0.29, 0.717) is 10.3 Å². The van der Waals surface area contributed by atoms with Crippen molar-refractivity contribution >= 4 is 21.7 Å². The summed E-state index contributed by atoms with van der Waals surface area (Å²) in [5.74, 6) is 0.246. The number of halogens is 2. The van der Waals surface area contributed by atoms with Crippen LogP contribution in [0.5, 0.6) is 11.6 Å². The third kappa shape index (κ3) is 2.49. The number of hydrogen-bond acceptors (Lipinski definition) is 3. The Labute approximate surface area is 100 Å². The van der Waals surface area contributed by atoms with Gasteiger partial charge in [-0.15, -0.1) is 0 Å². The first-order valence-corrected chi connectivity index (χ1v) is 5.30. The molecule has 0 aliphatic rings. The first kappa shape index (κ1) is 10.9. The summed E-state index contributed by atoms with van der Waals surface area (Å²) in [5.41, 5.74) is 5.48. The van der Waals surface area contributed by atoms with E-state index in [2.05, 4.69) is 20.9 Å². The molecule has 0 atom stereocenters. The third-order valence-electron chi connectivity index (χ3n) is 1.85. The van der Waals surface area contributed by atoms with E-state index in [4.69, 9.17) is 10.5 Å². The topological polar surface area (TPSA) is 48.1 Å². The Bertz CT molecular complexity index is 519. The molecule has 16 heavy (non-hydrogen) atoms. The Balaban J connectivity index is 2.27. The number of benzene rings is 1. The lowest BCUT2D eigenvalue weighted by atomic mass is 10.3. The van der Waals surface area contributed by atoms with Gasteiger partial charge >= 0.3 is 0 Å². The van der Waals surface area contributed by atoms with E-state index in [9.17, 15) is 4.39 Å². The number of nitrogen functional groups attached to an aromatic ring is 1. The zero-order valence-corrected chi connectivity index (χ0v) is 9.74. The number of pyridine rings is 1. The minimum atomic E-state index is -0.460. The van der Waals surface area contributed by atoms with Crippen molar-refractivity contribution in [2.75, 3.05) is 5.73 Å². The fourth-order valence-electron chi connectivity index (χ4n) is 1.16. The van der Waals surface area contributed by atoms with Gasteiger partial charge in [0.05, 0.1) is 0 Å². The highest BCUT2D eigenvalue weighted by molar-refractivity contribution is 9.10. The molecule has 1 heterocycles. The van der Waals surface area contributed by atoms with Crippen LogP contribution < -0.4 is 10.5 Å². The van der Waals surface area contributed by atoms with Gasteiger partial charge in [-0.2, -0.15) is 4.98 Å². The molecule has 1 aromatic carbocycles. The SMILES string of the molecule is Nc1cccc(Oc2ccc(Br)cc2F)n1. The van der Waals surface area contributed by atoms with E-state index < -0.39 is 5.82 Å². The van der Waals surface area contributed by atoms with Gasteiger partial charge in [-0.05, 0) is 24.3 Å². The van der Waals surface area contributed by atoms with E-state index in [0.717, 1.165) is 0 Å². The molecule has 0 aliphatic heterocycles. The van der Waals surface area contributed by atoms with Crippen LogP contribution in [-0.2, 0) is 0 Å². The maximum absolute atomic E-state index is 13.4. The molecule has 0 aliphatic carbocycles. The highest BCUT2D eigenvalue weighted by Crippen LogP contribution is 2.25. The number of rotatable bonds is 2. The van der Waals surface area contributed by atoms with Crippen molar-refractivity contribution < 1.29 is 9.13 Å². The summed E-state index contributed by atoms with van der Waals surface area (Å²) < 4.78 is 19.3. The minimum absolute atomic E-state index is 0.112. The van der Waals surface area contributed by atoms with Crippen LogP contribution in [0.1, 0.15) is 0 Å². The van der Waals surface area contributed by atoms with Crippen LogP contribution >= 0.6 is 15.9 Å². The van der Waals surface area contributed by atoms with Crippen molar-refractivity contribution in [3.63, 3.8) is 0 Å². The highest BCUT2D eigenvalue weighted by Gasteiger charge is 2.05. The molecule has 0 bridgehead atoms. The first-order valence-electron chi connectivity index (χ1n) is 4.50. The molecule has 0 radical (unpaired) electrons. The molecule has 0 unspecified atom stereocenters. The van der Waals surface area contributed by atoms with E-state index in [1.807, 2.05) is 0 Å². The smallest absolute Gasteiger partial charge is 0.221 e. The van der Waals surface area contributed by atoms with Crippen LogP contribution in [0.2, 0.25) is 0 Å². The Morgan fingerprint density at radius 1 is 1.25 bits per heavy atom. The van der Waals surface area contributed by atoms with Crippen molar-refractivity contribution in [3.05, 3.63) is 46.7 Å². The summed E-state index contributed by atoms with van der Waals surface area (Å²) in [4.78, 5) is 3.91. The van der Waals surface area contributed by atoms with Gasteiger partial charge in [-0.3, -0.25) is 0 Å². The van der Waals surface area contributed by atoms with E-state index in [-0.39, 0.29) is 11.6 Å². The first-order chi connectivity index (χ1) is 7.65. The minimum Gasteiger partial charge on any atom is -0.436 e. The van der Waals surface area contributed by atoms with Crippen LogP contribution in [0.4, 0.5) is 10.2 Å². The van der Waals surface area contributed by atoms with Crippen molar-refractivity contribution in [3.8, 4) is 11.6 Å². The Kier molecular flexibility index (Phi) is 3.05. The summed E-state index contributed by atoms with van der Waals surface area (Å²) in [6.07, 6.45) is 0. The Hall–Kier alpha value is -1.62. The standard InChI is InChI=1S/C11H8BrFN2O/c12-7-4-5-9(8(13)6-7)16-11-3-1-2-10(14)15-11/h1-6H,(H2,14,15). The zero-order valence-electron chi connectivity index (χ0n) is 8.15. The lowest BCUT2D eigenvalue weighted by Crippen LogP contribution is -1.94. The fraction of sp³-hybridized carbons (Fsp3) is 0. The average Bonchev–Trinajstić information content (AvgIpc) is 2.22. The molecule has 2 N–H and O–H groups in total. The number of ether oxygens (including phenoxy) is 1. The number of anilines is 1. The molecule has 0 saturated carbocycles. The number of aromatic nitrogens is 1. The second-order valence-electron chi connectivity index (χ2n) is 3.08. The molecule has 0 spiro atoms. The van der Waals surface area contributed by atoms with E-state index in [1.54, 1.807) is 24.3 Å². The number of hydrogen-bond donors (Lipinski definition) is 1. The highest BCUT2D eigenvalue weighted by atomic mass is 79.9. The van der Waals surface area contributed by atoms with Crippen LogP contribution in [0.15, 0.2) is 40.9 Å². The quantitative estimate of drug-likeness (QED) is 0.919. The monoisotopic (exact) mass is 282 g/mol. The maximum Gasteiger partial charge on any atom is 0.221 e. The molecular formula is C11H8BrFN2O. The second-order valence-corrected chi connectivity index (χ2v) is 3.99. The van der Waals surface area contributed by atoms with Gasteiger partial charge in [-0.1, -0.05) is 22.0 Å². The summed E-state index contributed by atoms with van der Waals surface area (Å²) in [5, 5.41) is 0. The van der Waals surface area contributed by atoms with Gasteiger partial charge in [0, 0.05) is 10.5 Å². The van der Waals surface area contributed by atoms with Crippen molar-refractivity contribution in [1.29, 1.82) is 0 Å². The summed E-state index contributed by atoms with van der Waals surface area (Å²) in [6.45, 7) is 0. The second kappa shape index (κ2) is 4.49. The lowest BCUT2D eigenvalue weighted by molar-refractivity contribution is 0.428. The molecule has 2 aromatic rings. The van der Waals surface area contributed by atoms with Crippen molar-refractivity contribution in [2.24, 2.45) is 0 Å². The molecule has 82 valence electrons. The fourth-order valence-corrected chi connectivity index (χ4v) is 1.49. The van der Waals surface area contributed by atoms with Gasteiger partial charge in [0.15, 0.2) is 11.6 Å². The lowest BCUT2D eigenvalue weighted by Gasteiger charge is -2.06. The summed E-state index contributed by atoms with van der Waals surface area (Å²) >= 11 is 3.16. The van der Waals surface area contributed by atoms with Crippen molar-refractivity contribution in [2.45, 2.75) is 0 Å². The van der Waals surface area contributed by atoms with Crippen LogP contribution in [0, 0.1) is 5.82 Å². The molecule has 0 saturated heterocycles. The van der Waals surface area contributed by atoms with E-state index in [1.165, 1.54) is 12.1 Å². The van der Waals surface area contributed by atoms with Crippen LogP contribution in [-0.4, -0.2) is 4.98 Å². The molecule has 0 fully saturated rings. The molecule has 2 rings (SSSR count). The van der Waals surface area contributed by atoms with Crippen molar-refractivity contribution in [1.82, 2.24) is 4.98 Å². The van der Waals surface area contributed by atoms with E-state index >= 15 is 0 Å². The number of nitrogens with two attached hydrogens (primary N) is 1. The molecule has 5 heteroatoms. The predicted molar refractivity (Wildman–Crippen MR) is 62.8 cm³/mol. The molecule has 0 amide bonds. The Morgan fingerprint density at radius 2 is 2.06 bits per heavy atom. The molecule has 1 aromatic heterocycles. The molecular weight excluding hydrogens is 275 g/mol. The van der Waals surface area contributed by atoms with Gasteiger partial charge in [0.2, 0.25) is 5.88 Å². The van der Waals surface area contributed by atoms with Crippen LogP contribution in [0.3, 0.4) is 0 Å². The van der Waals surface area contributed by atoms with Crippen LogP contribution in [0.25, 0.3) is 0 Å². The average molecular weight is 283 g/mol. The number of nitrogens with zero attached hydrogens (tertiary/aromatic N) is 1. The summed E-state index contributed by atoms with van der Waals surface area (Å²) in [6, 6.07) is 9.45.